The molecule has 0 aliphatic carbocycles. The number of ether oxygens (including phenoxy) is 1. The summed E-state index contributed by atoms with van der Waals surface area (Å²) in [4.78, 5) is 34.0. The van der Waals surface area contributed by atoms with Crippen molar-refractivity contribution in [3.05, 3.63) is 0 Å². The van der Waals surface area contributed by atoms with Gasteiger partial charge in [-0.15, -0.1) is 0 Å². The van der Waals surface area contributed by atoms with Gasteiger partial charge in [-0.3, -0.25) is 14.4 Å². The zero-order valence-electron chi connectivity index (χ0n) is 13.3. The van der Waals surface area contributed by atoms with Crippen LogP contribution in [0.3, 0.4) is 0 Å². The topological polar surface area (TPSA) is 98.5 Å². The van der Waals surface area contributed by atoms with E-state index in [0.29, 0.717) is 44.5 Å². The van der Waals surface area contributed by atoms with Crippen molar-refractivity contribution in [1.82, 2.24) is 5.32 Å². The SMILES string of the molecule is CC(C)CC(NC(=O)CCC(C)N)C(=O)CCCOC=O. The maximum absolute atomic E-state index is 12.1. The molecule has 0 aromatic carbocycles. The minimum Gasteiger partial charge on any atom is -0.468 e. The van der Waals surface area contributed by atoms with Gasteiger partial charge in [0.1, 0.15) is 0 Å². The lowest BCUT2D eigenvalue weighted by Crippen LogP contribution is -2.42. The maximum Gasteiger partial charge on any atom is 0.293 e. The van der Waals surface area contributed by atoms with E-state index >= 15 is 0 Å². The summed E-state index contributed by atoms with van der Waals surface area (Å²) in [5, 5.41) is 2.79. The summed E-state index contributed by atoms with van der Waals surface area (Å²) in [6.45, 7) is 6.44. The van der Waals surface area contributed by atoms with E-state index in [4.69, 9.17) is 5.73 Å². The van der Waals surface area contributed by atoms with Crippen molar-refractivity contribution in [3.63, 3.8) is 0 Å². The monoisotopic (exact) mass is 300 g/mol. The molecule has 0 aromatic rings. The third-order valence-electron chi connectivity index (χ3n) is 3.01. The molecule has 6 nitrogen and oxygen atoms in total. The summed E-state index contributed by atoms with van der Waals surface area (Å²) >= 11 is 0. The second-order valence-corrected chi connectivity index (χ2v) is 5.80. The molecule has 6 heteroatoms. The van der Waals surface area contributed by atoms with Crippen molar-refractivity contribution in [2.24, 2.45) is 11.7 Å². The van der Waals surface area contributed by atoms with E-state index in [-0.39, 0.29) is 24.3 Å². The van der Waals surface area contributed by atoms with Crippen LogP contribution in [0.15, 0.2) is 0 Å². The highest BCUT2D eigenvalue weighted by atomic mass is 16.5. The van der Waals surface area contributed by atoms with Crippen molar-refractivity contribution in [1.29, 1.82) is 0 Å². The van der Waals surface area contributed by atoms with Gasteiger partial charge in [-0.1, -0.05) is 13.8 Å². The second kappa shape index (κ2) is 11.3. The van der Waals surface area contributed by atoms with Gasteiger partial charge >= 0.3 is 0 Å². The smallest absolute Gasteiger partial charge is 0.293 e. The van der Waals surface area contributed by atoms with Gasteiger partial charge in [0.25, 0.3) is 6.47 Å². The number of amides is 1. The number of carbonyl (C=O) groups excluding carboxylic acids is 3. The number of rotatable bonds is 12. The average Bonchev–Trinajstić information content (AvgIpc) is 2.40. The minimum absolute atomic E-state index is 0.0210. The Hall–Kier alpha value is -1.43. The summed E-state index contributed by atoms with van der Waals surface area (Å²) in [6, 6.07) is -0.502. The van der Waals surface area contributed by atoms with E-state index in [1.807, 2.05) is 20.8 Å². The molecule has 0 heterocycles. The molecule has 0 aliphatic rings. The molecule has 0 bridgehead atoms. The molecular weight excluding hydrogens is 272 g/mol. The molecule has 1 amide bonds. The molecular formula is C15H28N2O4. The van der Waals surface area contributed by atoms with Gasteiger partial charge in [-0.2, -0.15) is 0 Å². The number of ketones is 1. The first-order chi connectivity index (χ1) is 9.86. The molecule has 2 atom stereocenters. The van der Waals surface area contributed by atoms with Crippen LogP contribution in [0.1, 0.15) is 52.9 Å². The Morgan fingerprint density at radius 2 is 1.90 bits per heavy atom. The first-order valence-electron chi connectivity index (χ1n) is 7.49. The Labute approximate surface area is 126 Å². The summed E-state index contributed by atoms with van der Waals surface area (Å²) < 4.78 is 4.56. The van der Waals surface area contributed by atoms with E-state index in [1.54, 1.807) is 0 Å². The number of nitrogens with two attached hydrogens (primary N) is 1. The normalized spacial score (nSPS) is 13.6. The predicted octanol–water partition coefficient (Wildman–Crippen LogP) is 1.17. The molecule has 0 saturated carbocycles. The Morgan fingerprint density at radius 3 is 2.43 bits per heavy atom. The molecule has 0 aromatic heterocycles. The zero-order chi connectivity index (χ0) is 16.3. The average molecular weight is 300 g/mol. The molecule has 0 saturated heterocycles. The number of hydrogen-bond donors (Lipinski definition) is 2. The van der Waals surface area contributed by atoms with Gasteiger partial charge in [-0.25, -0.2) is 0 Å². The first-order valence-corrected chi connectivity index (χ1v) is 7.49. The number of carbonyl (C=O) groups is 3. The quantitative estimate of drug-likeness (QED) is 0.416. The van der Waals surface area contributed by atoms with Crippen molar-refractivity contribution in [2.45, 2.75) is 65.0 Å². The Kier molecular flexibility index (Phi) is 10.5. The van der Waals surface area contributed by atoms with Crippen LogP contribution in [-0.4, -0.2) is 36.9 Å². The van der Waals surface area contributed by atoms with E-state index in [2.05, 4.69) is 10.1 Å². The van der Waals surface area contributed by atoms with E-state index in [9.17, 15) is 14.4 Å². The van der Waals surface area contributed by atoms with Gasteiger partial charge in [0.05, 0.1) is 12.6 Å². The minimum atomic E-state index is -0.471. The standard InChI is InChI=1S/C15H28N2O4/c1-11(2)9-13(14(19)5-4-8-21-10-18)17-15(20)7-6-12(3)16/h10-13H,4-9,16H2,1-3H3,(H,17,20). The lowest BCUT2D eigenvalue weighted by Gasteiger charge is -2.20. The highest BCUT2D eigenvalue weighted by molar-refractivity contribution is 5.89. The van der Waals surface area contributed by atoms with Crippen LogP contribution >= 0.6 is 0 Å². The molecule has 21 heavy (non-hydrogen) atoms. The third-order valence-corrected chi connectivity index (χ3v) is 3.01. The van der Waals surface area contributed by atoms with Crippen LogP contribution in [-0.2, 0) is 19.1 Å². The van der Waals surface area contributed by atoms with Gasteiger partial charge < -0.3 is 15.8 Å². The van der Waals surface area contributed by atoms with E-state index in [0.717, 1.165) is 0 Å². The highest BCUT2D eigenvalue weighted by Crippen LogP contribution is 2.09. The Bertz CT molecular complexity index is 330. The van der Waals surface area contributed by atoms with Crippen molar-refractivity contribution in [3.8, 4) is 0 Å². The van der Waals surface area contributed by atoms with Crippen LogP contribution < -0.4 is 11.1 Å². The summed E-state index contributed by atoms with van der Waals surface area (Å²) in [5.74, 6) is 0.140. The molecule has 0 fully saturated rings. The van der Waals surface area contributed by atoms with E-state index < -0.39 is 6.04 Å². The fourth-order valence-electron chi connectivity index (χ4n) is 1.92. The number of hydrogen-bond acceptors (Lipinski definition) is 5. The predicted molar refractivity (Wildman–Crippen MR) is 80.5 cm³/mol. The van der Waals surface area contributed by atoms with Crippen LogP contribution in [0, 0.1) is 5.92 Å². The lowest BCUT2D eigenvalue weighted by molar-refractivity contribution is -0.130. The van der Waals surface area contributed by atoms with Gasteiger partial charge in [-0.05, 0) is 32.1 Å². The molecule has 0 rings (SSSR count). The molecule has 3 N–H and O–H groups in total. The summed E-state index contributed by atoms with van der Waals surface area (Å²) in [6.07, 6.45) is 2.30. The number of Topliss-reactive ketones (excluding diaryl/α,β-unsaturated/α-hetero) is 1. The van der Waals surface area contributed by atoms with Crippen LogP contribution in [0.4, 0.5) is 0 Å². The zero-order valence-corrected chi connectivity index (χ0v) is 13.3. The fraction of sp³-hybridized carbons (Fsp3) is 0.800. The fourth-order valence-corrected chi connectivity index (χ4v) is 1.92. The molecule has 0 radical (unpaired) electrons. The van der Waals surface area contributed by atoms with Gasteiger partial charge in [0, 0.05) is 18.9 Å². The summed E-state index contributed by atoms with van der Waals surface area (Å²) in [5.41, 5.74) is 5.62. The van der Waals surface area contributed by atoms with Gasteiger partial charge in [0.15, 0.2) is 5.78 Å². The van der Waals surface area contributed by atoms with Crippen LogP contribution in [0.25, 0.3) is 0 Å². The Morgan fingerprint density at radius 1 is 1.24 bits per heavy atom. The maximum atomic E-state index is 12.1. The van der Waals surface area contributed by atoms with Crippen molar-refractivity contribution >= 4 is 18.2 Å². The largest absolute Gasteiger partial charge is 0.468 e. The van der Waals surface area contributed by atoms with Gasteiger partial charge in [0.2, 0.25) is 5.91 Å². The summed E-state index contributed by atoms with van der Waals surface area (Å²) in [7, 11) is 0. The second-order valence-electron chi connectivity index (χ2n) is 5.80. The molecule has 2 unspecified atom stereocenters. The third kappa shape index (κ3) is 11.0. The number of nitrogens with one attached hydrogen (secondary N) is 1. The lowest BCUT2D eigenvalue weighted by atomic mass is 9.97. The molecule has 0 aliphatic heterocycles. The van der Waals surface area contributed by atoms with Crippen molar-refractivity contribution in [2.75, 3.05) is 6.61 Å². The first kappa shape index (κ1) is 19.6. The molecule has 0 spiro atoms. The van der Waals surface area contributed by atoms with E-state index in [1.165, 1.54) is 0 Å². The van der Waals surface area contributed by atoms with Crippen LogP contribution in [0.5, 0.6) is 0 Å². The molecule has 122 valence electrons. The Balaban J connectivity index is 4.32. The van der Waals surface area contributed by atoms with Crippen molar-refractivity contribution < 1.29 is 19.1 Å². The highest BCUT2D eigenvalue weighted by Gasteiger charge is 2.21. The van der Waals surface area contributed by atoms with Crippen LogP contribution in [0.2, 0.25) is 0 Å².